The van der Waals surface area contributed by atoms with Crippen molar-refractivity contribution < 1.29 is 23.0 Å². The zero-order valence-corrected chi connectivity index (χ0v) is 19.7. The number of hydrogen-bond acceptors (Lipinski definition) is 8. The van der Waals surface area contributed by atoms with E-state index in [1.54, 1.807) is 26.8 Å². The first-order chi connectivity index (χ1) is 15.7. The Bertz CT molecular complexity index is 1350. The number of ether oxygens (including phenoxy) is 2. The number of benzene rings is 1. The minimum Gasteiger partial charge on any atom is -0.493 e. The maximum absolute atomic E-state index is 13.3. The lowest BCUT2D eigenvalue weighted by Gasteiger charge is -2.18. The summed E-state index contributed by atoms with van der Waals surface area (Å²) in [5, 5.41) is 14.7. The summed E-state index contributed by atoms with van der Waals surface area (Å²) in [6.07, 6.45) is -0.810. The second-order valence-corrected chi connectivity index (χ2v) is 9.94. The summed E-state index contributed by atoms with van der Waals surface area (Å²) >= 11 is 0. The Morgan fingerprint density at radius 2 is 2.03 bits per heavy atom. The third-order valence-electron chi connectivity index (χ3n) is 5.74. The molecule has 0 saturated carbocycles. The third-order valence-corrected chi connectivity index (χ3v) is 7.56. The Hall–Kier alpha value is -2.80. The molecule has 178 valence electrons. The van der Waals surface area contributed by atoms with Crippen LogP contribution in [0.2, 0.25) is 0 Å². The quantitative estimate of drug-likeness (QED) is 0.508. The number of nitrogens with one attached hydrogen (secondary N) is 1. The van der Waals surface area contributed by atoms with Crippen LogP contribution < -0.4 is 10.3 Å². The minimum atomic E-state index is -3.92. The summed E-state index contributed by atoms with van der Waals surface area (Å²) in [4.78, 5) is 19.8. The molecule has 1 fully saturated rings. The number of aromatic amines is 1. The summed E-state index contributed by atoms with van der Waals surface area (Å²) < 4.78 is 40.1. The van der Waals surface area contributed by atoms with Crippen LogP contribution >= 0.6 is 0 Å². The van der Waals surface area contributed by atoms with Gasteiger partial charge in [-0.3, -0.25) is 4.79 Å². The van der Waals surface area contributed by atoms with Crippen molar-refractivity contribution in [2.45, 2.75) is 31.8 Å². The van der Waals surface area contributed by atoms with E-state index in [1.165, 1.54) is 28.1 Å². The van der Waals surface area contributed by atoms with Gasteiger partial charge in [0.1, 0.15) is 11.6 Å². The van der Waals surface area contributed by atoms with Crippen molar-refractivity contribution in [3.8, 4) is 17.1 Å². The zero-order valence-electron chi connectivity index (χ0n) is 18.9. The summed E-state index contributed by atoms with van der Waals surface area (Å²) in [6.45, 7) is 5.98. The number of aromatic nitrogens is 4. The Kier molecular flexibility index (Phi) is 6.27. The van der Waals surface area contributed by atoms with Gasteiger partial charge in [-0.1, -0.05) is 0 Å². The first-order valence-corrected chi connectivity index (χ1v) is 12.0. The topological polar surface area (TPSA) is 139 Å². The molecule has 1 aromatic carbocycles. The van der Waals surface area contributed by atoms with Crippen LogP contribution in [0.5, 0.6) is 5.75 Å². The molecule has 0 spiro atoms. The minimum absolute atomic E-state index is 0.00694. The second kappa shape index (κ2) is 8.86. The van der Waals surface area contributed by atoms with Gasteiger partial charge < -0.3 is 19.6 Å². The molecule has 11 nitrogen and oxygen atoms in total. The van der Waals surface area contributed by atoms with E-state index in [-0.39, 0.29) is 41.9 Å². The van der Waals surface area contributed by atoms with Crippen molar-refractivity contribution in [3.63, 3.8) is 0 Å². The van der Waals surface area contributed by atoms with Gasteiger partial charge in [0.25, 0.3) is 5.56 Å². The molecule has 1 aliphatic heterocycles. The Morgan fingerprint density at radius 1 is 1.27 bits per heavy atom. The molecule has 0 bridgehead atoms. The van der Waals surface area contributed by atoms with Gasteiger partial charge in [0.2, 0.25) is 10.0 Å². The zero-order chi connectivity index (χ0) is 23.9. The van der Waals surface area contributed by atoms with Gasteiger partial charge in [0.05, 0.1) is 35.5 Å². The van der Waals surface area contributed by atoms with Gasteiger partial charge in [-0.15, -0.1) is 5.10 Å². The van der Waals surface area contributed by atoms with Gasteiger partial charge in [-0.2, -0.15) is 4.31 Å². The number of aliphatic hydroxyl groups excluding tert-OH is 1. The fourth-order valence-electron chi connectivity index (χ4n) is 4.13. The van der Waals surface area contributed by atoms with Crippen LogP contribution in [0.15, 0.2) is 27.9 Å². The van der Waals surface area contributed by atoms with Crippen molar-refractivity contribution in [3.05, 3.63) is 40.1 Å². The molecule has 1 saturated heterocycles. The summed E-state index contributed by atoms with van der Waals surface area (Å²) in [5.74, 6) is 0.769. The van der Waals surface area contributed by atoms with Gasteiger partial charge >= 0.3 is 0 Å². The predicted octanol–water partition coefficient (Wildman–Crippen LogP) is 0.728. The highest BCUT2D eigenvalue weighted by Gasteiger charge is 2.38. The highest BCUT2D eigenvalue weighted by molar-refractivity contribution is 7.89. The Morgan fingerprint density at radius 3 is 2.73 bits per heavy atom. The lowest BCUT2D eigenvalue weighted by atomic mass is 10.1. The van der Waals surface area contributed by atoms with Gasteiger partial charge in [-0.05, 0) is 39.0 Å². The fourth-order valence-corrected chi connectivity index (χ4v) is 5.67. The molecule has 0 amide bonds. The van der Waals surface area contributed by atoms with Crippen LogP contribution in [0.1, 0.15) is 18.4 Å². The average molecular weight is 478 g/mol. The molecular weight excluding hydrogens is 450 g/mol. The van der Waals surface area contributed by atoms with Crippen LogP contribution in [0, 0.1) is 19.8 Å². The SMILES string of the molecule is CCOc1ccc(S(=O)(=O)N2CC(O)C(COC)C2)cc1-c1nn2c(C)nc(C)c2c(=O)[nH]1. The van der Waals surface area contributed by atoms with Gasteiger partial charge in [0.15, 0.2) is 11.3 Å². The summed E-state index contributed by atoms with van der Waals surface area (Å²) in [6, 6.07) is 4.42. The number of imidazole rings is 1. The molecular formula is C21H27N5O6S. The number of aliphatic hydroxyl groups is 1. The maximum atomic E-state index is 13.3. The summed E-state index contributed by atoms with van der Waals surface area (Å²) in [5.41, 5.74) is 0.815. The second-order valence-electron chi connectivity index (χ2n) is 8.00. The van der Waals surface area contributed by atoms with Crippen molar-refractivity contribution in [2.24, 2.45) is 5.92 Å². The first kappa shape index (κ1) is 23.4. The smallest absolute Gasteiger partial charge is 0.277 e. The number of β-amino-alcohol motifs (C(OH)–C–C–N with tert-alkyl or cyclic N) is 1. The molecule has 3 aromatic rings. The number of sulfonamides is 1. The van der Waals surface area contributed by atoms with Crippen LogP contribution in [-0.2, 0) is 14.8 Å². The summed E-state index contributed by atoms with van der Waals surface area (Å²) in [7, 11) is -2.41. The monoisotopic (exact) mass is 477 g/mol. The number of fused-ring (bicyclic) bond motifs is 1. The van der Waals surface area contributed by atoms with Crippen LogP contribution in [-0.4, -0.2) is 76.9 Å². The normalized spacial score (nSPS) is 19.4. The molecule has 4 rings (SSSR count). The number of methoxy groups -OCH3 is 1. The van der Waals surface area contributed by atoms with E-state index in [9.17, 15) is 18.3 Å². The predicted molar refractivity (Wildman–Crippen MR) is 120 cm³/mol. The van der Waals surface area contributed by atoms with Crippen LogP contribution in [0.4, 0.5) is 0 Å². The molecule has 2 aromatic heterocycles. The van der Waals surface area contributed by atoms with Gasteiger partial charge in [0, 0.05) is 26.1 Å². The maximum Gasteiger partial charge on any atom is 0.277 e. The van der Waals surface area contributed by atoms with Crippen LogP contribution in [0.25, 0.3) is 16.9 Å². The van der Waals surface area contributed by atoms with E-state index in [1.807, 2.05) is 0 Å². The standard InChI is InChI=1S/C21H27N5O6S/c1-5-32-18-7-6-15(33(29,30)25-9-14(11-31-4)17(27)10-25)8-16(18)20-23-21(28)19-12(2)22-13(3)26(19)24-20/h6-8,14,17,27H,5,9-11H2,1-4H3,(H,23,24,28). The molecule has 0 radical (unpaired) electrons. The van der Waals surface area contributed by atoms with Crippen molar-refractivity contribution in [1.82, 2.24) is 23.9 Å². The first-order valence-electron chi connectivity index (χ1n) is 10.6. The van der Waals surface area contributed by atoms with Crippen molar-refractivity contribution >= 4 is 15.5 Å². The number of aryl methyl sites for hydroxylation is 2. The lowest BCUT2D eigenvalue weighted by Crippen LogP contribution is -2.30. The number of hydrogen-bond donors (Lipinski definition) is 2. The molecule has 1 aliphatic rings. The molecule has 2 atom stereocenters. The molecule has 2 unspecified atom stereocenters. The molecule has 0 aliphatic carbocycles. The largest absolute Gasteiger partial charge is 0.493 e. The Labute approximate surface area is 191 Å². The van der Waals surface area contributed by atoms with Crippen molar-refractivity contribution in [1.29, 1.82) is 0 Å². The molecule has 3 heterocycles. The van der Waals surface area contributed by atoms with E-state index >= 15 is 0 Å². The van der Waals surface area contributed by atoms with E-state index in [2.05, 4.69) is 15.1 Å². The highest BCUT2D eigenvalue weighted by Crippen LogP contribution is 2.33. The Balaban J connectivity index is 1.81. The van der Waals surface area contributed by atoms with E-state index in [0.717, 1.165) is 0 Å². The number of nitrogens with zero attached hydrogens (tertiary/aromatic N) is 4. The fraction of sp³-hybridized carbons (Fsp3) is 0.476. The third kappa shape index (κ3) is 4.14. The van der Waals surface area contributed by atoms with E-state index in [0.29, 0.717) is 35.0 Å². The average Bonchev–Trinajstić information content (AvgIpc) is 3.28. The van der Waals surface area contributed by atoms with Crippen LogP contribution in [0.3, 0.4) is 0 Å². The molecule has 12 heteroatoms. The highest BCUT2D eigenvalue weighted by atomic mass is 32.2. The molecule has 2 N–H and O–H groups in total. The van der Waals surface area contributed by atoms with Crippen molar-refractivity contribution in [2.75, 3.05) is 33.4 Å². The lowest BCUT2D eigenvalue weighted by molar-refractivity contribution is 0.0791. The van der Waals surface area contributed by atoms with E-state index in [4.69, 9.17) is 9.47 Å². The number of H-pyrrole nitrogens is 1. The van der Waals surface area contributed by atoms with E-state index < -0.39 is 16.1 Å². The van der Waals surface area contributed by atoms with Gasteiger partial charge in [-0.25, -0.2) is 17.9 Å². The number of rotatable bonds is 7. The molecule has 33 heavy (non-hydrogen) atoms.